The number of ether oxygens (including phenoxy) is 4. The van der Waals surface area contributed by atoms with Crippen LogP contribution < -0.4 is 0 Å². The third-order valence-corrected chi connectivity index (χ3v) is 7.65. The first-order valence-electron chi connectivity index (χ1n) is 11.6. The molecule has 2 aliphatic carbocycles. The minimum atomic E-state index is -2.53. The Bertz CT molecular complexity index is 969. The van der Waals surface area contributed by atoms with Crippen molar-refractivity contribution in [1.82, 2.24) is 0 Å². The van der Waals surface area contributed by atoms with Crippen LogP contribution in [0.4, 0.5) is 0 Å². The highest BCUT2D eigenvalue weighted by Crippen LogP contribution is 2.57. The van der Waals surface area contributed by atoms with Gasteiger partial charge in [-0.3, -0.25) is 14.4 Å². The molecule has 0 bridgehead atoms. The smallest absolute Gasteiger partial charge is 0.341 e. The average Bonchev–Trinajstić information content (AvgIpc) is 3.05. The van der Waals surface area contributed by atoms with Gasteiger partial charge in [0.25, 0.3) is 0 Å². The lowest BCUT2D eigenvalue weighted by Gasteiger charge is -2.41. The number of esters is 4. The molecule has 1 saturated carbocycles. The van der Waals surface area contributed by atoms with E-state index in [-0.39, 0.29) is 17.6 Å². The van der Waals surface area contributed by atoms with E-state index >= 15 is 0 Å². The van der Waals surface area contributed by atoms with Crippen molar-refractivity contribution in [3.8, 4) is 0 Å². The molecular formula is C24H34O11. The van der Waals surface area contributed by atoms with Gasteiger partial charge in [-0.15, -0.1) is 0 Å². The topological polar surface area (TPSA) is 166 Å². The van der Waals surface area contributed by atoms with Gasteiger partial charge in [0.15, 0.2) is 17.3 Å². The quantitative estimate of drug-likeness (QED) is 0.271. The fraction of sp³-hybridized carbons (Fsp3) is 0.750. The molecule has 0 aromatic heterocycles. The maximum atomic E-state index is 12.8. The number of carbonyl (C=O) groups excluding carboxylic acids is 4. The zero-order valence-corrected chi connectivity index (χ0v) is 21.0. The molecule has 2 fully saturated rings. The summed E-state index contributed by atoms with van der Waals surface area (Å²) in [6, 6.07) is 0. The lowest BCUT2D eigenvalue weighted by atomic mass is 9.75. The first-order valence-corrected chi connectivity index (χ1v) is 11.6. The van der Waals surface area contributed by atoms with Crippen molar-refractivity contribution < 1.29 is 53.4 Å². The second-order valence-electron chi connectivity index (χ2n) is 10.2. The molecule has 9 atom stereocenters. The van der Waals surface area contributed by atoms with Gasteiger partial charge >= 0.3 is 23.9 Å². The first kappa shape index (κ1) is 27.1. The van der Waals surface area contributed by atoms with Crippen LogP contribution in [-0.2, 0) is 38.1 Å². The van der Waals surface area contributed by atoms with Crippen LogP contribution >= 0.6 is 0 Å². The fourth-order valence-corrected chi connectivity index (χ4v) is 5.54. The van der Waals surface area contributed by atoms with Gasteiger partial charge in [0.2, 0.25) is 0 Å². The molecule has 0 aromatic rings. The molecule has 1 heterocycles. The molecule has 35 heavy (non-hydrogen) atoms. The average molecular weight is 499 g/mol. The van der Waals surface area contributed by atoms with Gasteiger partial charge in [-0.05, 0) is 38.3 Å². The lowest BCUT2D eigenvalue weighted by molar-refractivity contribution is -0.213. The summed E-state index contributed by atoms with van der Waals surface area (Å²) in [5.41, 5.74) is -6.30. The van der Waals surface area contributed by atoms with Crippen molar-refractivity contribution in [3.05, 3.63) is 11.1 Å². The number of hydrogen-bond donors (Lipinski definition) is 3. The van der Waals surface area contributed by atoms with E-state index in [9.17, 15) is 34.5 Å². The van der Waals surface area contributed by atoms with Crippen molar-refractivity contribution in [3.63, 3.8) is 0 Å². The number of carbonyl (C=O) groups is 4. The van der Waals surface area contributed by atoms with Crippen molar-refractivity contribution in [2.75, 3.05) is 0 Å². The van der Waals surface area contributed by atoms with Crippen LogP contribution in [0.3, 0.4) is 0 Å². The molecule has 3 aliphatic rings. The standard InChI is InChI=1S/C24H34O11/c1-8-10(2)20(28)33-14-9-22(6,35-13(5)26)16-15(11(3)17(27)18(16)32-12(4)25)19-24(14,31)23(7,30)21(29)34-19/h10,14,16-19,27,30-31H,8-9H2,1-7H3/t10-,14-,16+,17+,18-,19-,22-,23+,24+/m0/s1. The van der Waals surface area contributed by atoms with Crippen molar-refractivity contribution >= 4 is 23.9 Å². The minimum absolute atomic E-state index is 0.128. The lowest BCUT2D eigenvalue weighted by Crippen LogP contribution is -2.64. The van der Waals surface area contributed by atoms with Gasteiger partial charge in [-0.2, -0.15) is 0 Å². The zero-order chi connectivity index (χ0) is 26.7. The van der Waals surface area contributed by atoms with Crippen LogP contribution in [0.15, 0.2) is 11.1 Å². The molecule has 0 radical (unpaired) electrons. The van der Waals surface area contributed by atoms with E-state index in [0.717, 1.165) is 20.8 Å². The molecule has 3 N–H and O–H groups in total. The maximum absolute atomic E-state index is 12.8. The van der Waals surface area contributed by atoms with E-state index in [0.29, 0.717) is 6.42 Å². The van der Waals surface area contributed by atoms with Gasteiger partial charge in [0.1, 0.15) is 23.9 Å². The molecule has 0 spiro atoms. The van der Waals surface area contributed by atoms with Crippen LogP contribution in [0, 0.1) is 11.8 Å². The molecule has 1 saturated heterocycles. The largest absolute Gasteiger partial charge is 0.459 e. The molecule has 0 amide bonds. The Labute approximate surface area is 203 Å². The summed E-state index contributed by atoms with van der Waals surface area (Å²) >= 11 is 0. The van der Waals surface area contributed by atoms with E-state index in [1.54, 1.807) is 13.8 Å². The second kappa shape index (κ2) is 8.86. The monoisotopic (exact) mass is 498 g/mol. The SMILES string of the molecule is CC[C@H](C)C(=O)O[C@H]1C[C@](C)(OC(C)=O)[C@@H]2C(=C(C)[C@@H](O)[C@H]2OC(C)=O)[C@@H]2OC(=O)[C@@](C)(O)[C@@]12O. The maximum Gasteiger partial charge on any atom is 0.341 e. The fourth-order valence-electron chi connectivity index (χ4n) is 5.54. The van der Waals surface area contributed by atoms with E-state index in [1.807, 2.05) is 0 Å². The molecule has 11 nitrogen and oxygen atoms in total. The number of aliphatic hydroxyl groups excluding tert-OH is 1. The summed E-state index contributed by atoms with van der Waals surface area (Å²) in [7, 11) is 0. The predicted molar refractivity (Wildman–Crippen MR) is 117 cm³/mol. The Hall–Kier alpha value is -2.50. The molecule has 196 valence electrons. The van der Waals surface area contributed by atoms with Gasteiger partial charge in [0, 0.05) is 20.3 Å². The van der Waals surface area contributed by atoms with Crippen molar-refractivity contribution in [2.24, 2.45) is 11.8 Å². The van der Waals surface area contributed by atoms with E-state index in [4.69, 9.17) is 18.9 Å². The van der Waals surface area contributed by atoms with E-state index in [1.165, 1.54) is 13.8 Å². The van der Waals surface area contributed by atoms with Crippen molar-refractivity contribution in [2.45, 2.75) is 103 Å². The van der Waals surface area contributed by atoms with E-state index < -0.39 is 76.9 Å². The van der Waals surface area contributed by atoms with Crippen LogP contribution in [0.1, 0.15) is 61.3 Å². The number of aliphatic hydroxyl groups is 3. The minimum Gasteiger partial charge on any atom is -0.459 e. The predicted octanol–water partition coefficient (Wildman–Crippen LogP) is 0.316. The summed E-state index contributed by atoms with van der Waals surface area (Å²) in [6.07, 6.45) is -5.75. The van der Waals surface area contributed by atoms with Crippen LogP contribution in [0.25, 0.3) is 0 Å². The van der Waals surface area contributed by atoms with Crippen LogP contribution in [-0.4, -0.2) is 80.4 Å². The second-order valence-corrected chi connectivity index (χ2v) is 10.2. The zero-order valence-electron chi connectivity index (χ0n) is 21.0. The van der Waals surface area contributed by atoms with Gasteiger partial charge < -0.3 is 34.3 Å². The number of rotatable bonds is 5. The first-order chi connectivity index (χ1) is 16.0. The highest BCUT2D eigenvalue weighted by atomic mass is 16.6. The van der Waals surface area contributed by atoms with Crippen LogP contribution in [0.2, 0.25) is 0 Å². The molecule has 11 heteroatoms. The highest BCUT2D eigenvalue weighted by Gasteiger charge is 2.75. The number of fused-ring (bicyclic) bond motifs is 3. The summed E-state index contributed by atoms with van der Waals surface area (Å²) < 4.78 is 22.2. The molecule has 0 unspecified atom stereocenters. The Kier molecular flexibility index (Phi) is 6.86. The third-order valence-electron chi connectivity index (χ3n) is 7.65. The Morgan fingerprint density at radius 3 is 2.26 bits per heavy atom. The third kappa shape index (κ3) is 4.03. The Morgan fingerprint density at radius 1 is 1.14 bits per heavy atom. The van der Waals surface area contributed by atoms with E-state index in [2.05, 4.69) is 0 Å². The van der Waals surface area contributed by atoms with Gasteiger partial charge in [-0.25, -0.2) is 4.79 Å². The summed E-state index contributed by atoms with van der Waals surface area (Å²) in [5, 5.41) is 34.1. The molecule has 1 aliphatic heterocycles. The summed E-state index contributed by atoms with van der Waals surface area (Å²) in [6.45, 7) is 9.73. The van der Waals surface area contributed by atoms with Gasteiger partial charge in [0.05, 0.1) is 11.8 Å². The normalized spacial score (nSPS) is 41.3. The Balaban J connectivity index is 2.29. The molecule has 3 rings (SSSR count). The highest BCUT2D eigenvalue weighted by molar-refractivity contribution is 5.85. The van der Waals surface area contributed by atoms with Crippen molar-refractivity contribution in [1.29, 1.82) is 0 Å². The summed E-state index contributed by atoms with van der Waals surface area (Å²) in [5.74, 6) is -4.95. The van der Waals surface area contributed by atoms with Crippen LogP contribution in [0.5, 0.6) is 0 Å². The Morgan fingerprint density at radius 2 is 1.74 bits per heavy atom. The summed E-state index contributed by atoms with van der Waals surface area (Å²) in [4.78, 5) is 49.7. The number of hydrogen-bond acceptors (Lipinski definition) is 11. The molecule has 0 aromatic carbocycles. The molecular weight excluding hydrogens is 464 g/mol. The van der Waals surface area contributed by atoms with Gasteiger partial charge in [-0.1, -0.05) is 13.8 Å².